The fraction of sp³-hybridized carbons (Fsp3) is 0.233. The standard InChI is InChI=1S/C30H30NO.BF4/c1-30(2,3)28-20-27(21-10-6-5-7-11-21)26-19-14-22-12-8-9-13-25(22)29(26)31(28)23-15-17-24(32-4)18-16-23;2-1(3,4)5/h5-13,15-18,20H,14,19H2,1-4H3;/q+1;-1. The maximum Gasteiger partial charge on any atom is 0.673 e. The second-order valence-electron chi connectivity index (χ2n) is 10.1. The van der Waals surface area contributed by atoms with E-state index in [1.165, 1.54) is 44.9 Å². The number of methoxy groups -OCH3 is 1. The zero-order valence-corrected chi connectivity index (χ0v) is 21.4. The van der Waals surface area contributed by atoms with Gasteiger partial charge < -0.3 is 22.0 Å². The van der Waals surface area contributed by atoms with Gasteiger partial charge in [-0.1, -0.05) is 69.3 Å². The van der Waals surface area contributed by atoms with Crippen molar-refractivity contribution in [2.45, 2.75) is 39.0 Å². The van der Waals surface area contributed by atoms with Gasteiger partial charge in [0.15, 0.2) is 5.69 Å². The smallest absolute Gasteiger partial charge is 0.497 e. The minimum Gasteiger partial charge on any atom is -0.497 e. The molecule has 2 nitrogen and oxygen atoms in total. The monoisotopic (exact) mass is 507 g/mol. The average molecular weight is 507 g/mol. The van der Waals surface area contributed by atoms with Crippen molar-refractivity contribution in [3.05, 3.63) is 102 Å². The lowest BCUT2D eigenvalue weighted by atomic mass is 9.81. The Morgan fingerprint density at radius 2 is 1.35 bits per heavy atom. The van der Waals surface area contributed by atoms with E-state index >= 15 is 0 Å². The van der Waals surface area contributed by atoms with Gasteiger partial charge >= 0.3 is 7.25 Å². The molecule has 0 saturated heterocycles. The molecule has 7 heteroatoms. The van der Waals surface area contributed by atoms with E-state index < -0.39 is 7.25 Å². The van der Waals surface area contributed by atoms with Crippen LogP contribution < -0.4 is 9.30 Å². The molecule has 0 saturated carbocycles. The van der Waals surface area contributed by atoms with Crippen LogP contribution in [0.5, 0.6) is 5.75 Å². The van der Waals surface area contributed by atoms with E-state index in [9.17, 15) is 17.3 Å². The summed E-state index contributed by atoms with van der Waals surface area (Å²) in [6.07, 6.45) is 2.11. The largest absolute Gasteiger partial charge is 0.673 e. The van der Waals surface area contributed by atoms with E-state index in [0.717, 1.165) is 18.6 Å². The zero-order valence-electron chi connectivity index (χ0n) is 21.4. The highest BCUT2D eigenvalue weighted by Crippen LogP contribution is 2.40. The molecule has 0 radical (unpaired) electrons. The van der Waals surface area contributed by atoms with Crippen LogP contribution in [-0.4, -0.2) is 14.4 Å². The molecule has 0 fully saturated rings. The molecule has 1 aliphatic rings. The Morgan fingerprint density at radius 1 is 0.757 bits per heavy atom. The Labute approximate surface area is 215 Å². The van der Waals surface area contributed by atoms with Crippen molar-refractivity contribution in [3.63, 3.8) is 0 Å². The molecule has 0 aliphatic heterocycles. The number of fused-ring (bicyclic) bond motifs is 3. The molecule has 192 valence electrons. The minimum atomic E-state index is -6.00. The van der Waals surface area contributed by atoms with Gasteiger partial charge in [0.25, 0.3) is 0 Å². The van der Waals surface area contributed by atoms with Crippen LogP contribution in [0, 0.1) is 0 Å². The van der Waals surface area contributed by atoms with Gasteiger partial charge in [-0.3, -0.25) is 0 Å². The Morgan fingerprint density at radius 3 is 1.95 bits per heavy atom. The summed E-state index contributed by atoms with van der Waals surface area (Å²) in [5.74, 6) is 0.877. The van der Waals surface area contributed by atoms with E-state index in [2.05, 4.69) is 110 Å². The quantitative estimate of drug-likeness (QED) is 0.156. The van der Waals surface area contributed by atoms with Gasteiger partial charge in [0, 0.05) is 29.2 Å². The van der Waals surface area contributed by atoms with Crippen molar-refractivity contribution >= 4 is 7.25 Å². The first-order valence-corrected chi connectivity index (χ1v) is 12.2. The lowest BCUT2D eigenvalue weighted by molar-refractivity contribution is -0.597. The van der Waals surface area contributed by atoms with Gasteiger partial charge in [-0.15, -0.1) is 0 Å². The Kier molecular flexibility index (Phi) is 7.44. The molecule has 5 rings (SSSR count). The molecule has 0 bridgehead atoms. The molecule has 37 heavy (non-hydrogen) atoms. The third-order valence-electron chi connectivity index (χ3n) is 6.46. The number of aryl methyl sites for hydroxylation is 1. The molecule has 1 aliphatic carbocycles. The molecule has 0 atom stereocenters. The summed E-state index contributed by atoms with van der Waals surface area (Å²) >= 11 is 0. The second kappa shape index (κ2) is 10.4. The molecule has 4 aromatic rings. The molecule has 0 amide bonds. The number of halogens is 4. The highest BCUT2D eigenvalue weighted by atomic mass is 19.5. The predicted octanol–water partition coefficient (Wildman–Crippen LogP) is 8.00. The number of pyridine rings is 1. The lowest BCUT2D eigenvalue weighted by Gasteiger charge is -2.26. The number of benzene rings is 3. The van der Waals surface area contributed by atoms with Crippen molar-refractivity contribution in [2.75, 3.05) is 7.11 Å². The summed E-state index contributed by atoms with van der Waals surface area (Å²) < 4.78 is 46.9. The number of hydrogen-bond acceptors (Lipinski definition) is 1. The minimum absolute atomic E-state index is 0.0368. The summed E-state index contributed by atoms with van der Waals surface area (Å²) in [6, 6.07) is 30.6. The fourth-order valence-electron chi connectivity index (χ4n) is 4.86. The van der Waals surface area contributed by atoms with Crippen molar-refractivity contribution < 1.29 is 26.6 Å². The summed E-state index contributed by atoms with van der Waals surface area (Å²) in [4.78, 5) is 0. The van der Waals surface area contributed by atoms with Crippen molar-refractivity contribution in [1.29, 1.82) is 0 Å². The second-order valence-corrected chi connectivity index (χ2v) is 10.1. The van der Waals surface area contributed by atoms with Gasteiger partial charge in [0.05, 0.1) is 12.7 Å². The van der Waals surface area contributed by atoms with Crippen molar-refractivity contribution in [1.82, 2.24) is 0 Å². The zero-order chi connectivity index (χ0) is 26.8. The maximum absolute atomic E-state index is 9.75. The predicted molar refractivity (Wildman–Crippen MR) is 142 cm³/mol. The third kappa shape index (κ3) is 6.04. The first-order chi connectivity index (χ1) is 17.5. The number of ether oxygens (including phenoxy) is 1. The molecule has 0 spiro atoms. The van der Waals surface area contributed by atoms with Crippen LogP contribution in [0.3, 0.4) is 0 Å². The summed E-state index contributed by atoms with van der Waals surface area (Å²) in [5, 5.41) is 0. The van der Waals surface area contributed by atoms with E-state index in [0.29, 0.717) is 0 Å². The molecule has 1 aromatic heterocycles. The van der Waals surface area contributed by atoms with Crippen LogP contribution in [0.4, 0.5) is 17.3 Å². The van der Waals surface area contributed by atoms with Crippen LogP contribution >= 0.6 is 0 Å². The number of rotatable bonds is 3. The summed E-state index contributed by atoms with van der Waals surface area (Å²) in [7, 11) is -4.28. The van der Waals surface area contributed by atoms with Gasteiger partial charge in [-0.05, 0) is 47.7 Å². The van der Waals surface area contributed by atoms with Gasteiger partial charge in [-0.2, -0.15) is 4.57 Å². The molecule has 3 aromatic carbocycles. The van der Waals surface area contributed by atoms with Gasteiger partial charge in [-0.25, -0.2) is 0 Å². The Balaban J connectivity index is 0.000000586. The molecule has 0 unspecified atom stereocenters. The Bertz CT molecular complexity index is 1370. The van der Waals surface area contributed by atoms with Crippen LogP contribution in [-0.2, 0) is 18.3 Å². The maximum atomic E-state index is 9.75. The molecular formula is C30H30BF4NO. The van der Waals surface area contributed by atoms with Crippen LogP contribution in [0.25, 0.3) is 28.1 Å². The SMILES string of the molecule is COc1ccc(-[n+]2c(C(C)(C)C)cc(-c3ccccc3)c3c2-c2ccccc2CC3)cc1.F[B-](F)(F)F. The summed E-state index contributed by atoms with van der Waals surface area (Å²) in [6.45, 7) is 6.91. The van der Waals surface area contributed by atoms with E-state index in [-0.39, 0.29) is 5.41 Å². The fourth-order valence-corrected chi connectivity index (χ4v) is 4.86. The molecular weight excluding hydrogens is 477 g/mol. The molecule has 0 N–H and O–H groups in total. The van der Waals surface area contributed by atoms with Gasteiger partial charge in [0.1, 0.15) is 5.75 Å². The third-order valence-corrected chi connectivity index (χ3v) is 6.46. The van der Waals surface area contributed by atoms with E-state index in [1.54, 1.807) is 7.11 Å². The highest BCUT2D eigenvalue weighted by molar-refractivity contribution is 6.50. The Hall–Kier alpha value is -3.61. The number of hydrogen-bond donors (Lipinski definition) is 0. The van der Waals surface area contributed by atoms with Crippen LogP contribution in [0.15, 0.2) is 84.9 Å². The van der Waals surface area contributed by atoms with Gasteiger partial charge in [0.2, 0.25) is 11.4 Å². The lowest BCUT2D eigenvalue weighted by Crippen LogP contribution is -2.45. The van der Waals surface area contributed by atoms with Crippen LogP contribution in [0.1, 0.15) is 37.6 Å². The molecule has 1 heterocycles. The van der Waals surface area contributed by atoms with Crippen molar-refractivity contribution in [3.8, 4) is 33.8 Å². The number of nitrogens with zero attached hydrogens (tertiary/aromatic N) is 1. The van der Waals surface area contributed by atoms with Crippen molar-refractivity contribution in [2.24, 2.45) is 0 Å². The highest BCUT2D eigenvalue weighted by Gasteiger charge is 2.36. The van der Waals surface area contributed by atoms with Crippen LogP contribution in [0.2, 0.25) is 0 Å². The number of aromatic nitrogens is 1. The average Bonchev–Trinajstić information content (AvgIpc) is 2.86. The van der Waals surface area contributed by atoms with E-state index in [1.807, 2.05) is 0 Å². The first kappa shape index (κ1) is 26.5. The first-order valence-electron chi connectivity index (χ1n) is 12.2. The van der Waals surface area contributed by atoms with E-state index in [4.69, 9.17) is 4.74 Å². The normalized spacial score (nSPS) is 12.6. The summed E-state index contributed by atoms with van der Waals surface area (Å²) in [5.41, 5.74) is 10.6. The topological polar surface area (TPSA) is 13.1 Å².